The number of hydrogen-bond donors (Lipinski definition) is 1. The van der Waals surface area contributed by atoms with Gasteiger partial charge in [0, 0.05) is 5.56 Å². The van der Waals surface area contributed by atoms with Crippen molar-refractivity contribution in [3.63, 3.8) is 0 Å². The summed E-state index contributed by atoms with van der Waals surface area (Å²) < 4.78 is 5.28. The molecule has 0 aliphatic heterocycles. The summed E-state index contributed by atoms with van der Waals surface area (Å²) in [5.74, 6) is 1.10. The zero-order valence-corrected chi connectivity index (χ0v) is 12.3. The number of nitrogens with zero attached hydrogens (tertiary/aromatic N) is 2. The molecule has 0 aliphatic rings. The first kappa shape index (κ1) is 15.7. The Labute approximate surface area is 119 Å². The van der Waals surface area contributed by atoms with Crippen molar-refractivity contribution in [1.29, 1.82) is 0 Å². The van der Waals surface area contributed by atoms with E-state index >= 15 is 0 Å². The van der Waals surface area contributed by atoms with Crippen molar-refractivity contribution in [3.05, 3.63) is 35.7 Å². The van der Waals surface area contributed by atoms with Crippen LogP contribution in [0.15, 0.2) is 28.8 Å². The van der Waals surface area contributed by atoms with Gasteiger partial charge in [0.1, 0.15) is 0 Å². The van der Waals surface area contributed by atoms with Crippen LogP contribution < -0.4 is 5.73 Å². The molecule has 4 nitrogen and oxygen atoms in total. The predicted molar refractivity (Wildman–Crippen MR) is 78.2 cm³/mol. The van der Waals surface area contributed by atoms with Gasteiger partial charge in [-0.3, -0.25) is 0 Å². The summed E-state index contributed by atoms with van der Waals surface area (Å²) in [7, 11) is 0. The van der Waals surface area contributed by atoms with Gasteiger partial charge in [0.05, 0.1) is 5.54 Å². The molecular formula is C14H20ClN3O. The molecular weight excluding hydrogens is 262 g/mol. The summed E-state index contributed by atoms with van der Waals surface area (Å²) >= 11 is 0. The highest BCUT2D eigenvalue weighted by Gasteiger charge is 2.27. The fourth-order valence-corrected chi connectivity index (χ4v) is 1.90. The van der Waals surface area contributed by atoms with Crippen molar-refractivity contribution >= 4 is 12.4 Å². The third kappa shape index (κ3) is 3.55. The molecule has 2 rings (SSSR count). The molecule has 0 fully saturated rings. The van der Waals surface area contributed by atoms with E-state index in [0.29, 0.717) is 11.7 Å². The lowest BCUT2D eigenvalue weighted by Gasteiger charge is -2.18. The summed E-state index contributed by atoms with van der Waals surface area (Å²) in [5, 5.41) is 4.00. The molecule has 104 valence electrons. The largest absolute Gasteiger partial charge is 0.337 e. The van der Waals surface area contributed by atoms with Crippen LogP contribution in [0.3, 0.4) is 0 Å². The maximum Gasteiger partial charge on any atom is 0.246 e. The molecule has 0 radical (unpaired) electrons. The van der Waals surface area contributed by atoms with Crippen LogP contribution in [0, 0.1) is 6.92 Å². The Morgan fingerprint density at radius 2 is 1.89 bits per heavy atom. The van der Waals surface area contributed by atoms with E-state index in [9.17, 15) is 0 Å². The minimum atomic E-state index is -0.551. The van der Waals surface area contributed by atoms with E-state index in [1.165, 1.54) is 5.56 Å². The van der Waals surface area contributed by atoms with Crippen molar-refractivity contribution < 1.29 is 4.52 Å². The molecule has 0 saturated carbocycles. The number of hydrogen-bond acceptors (Lipinski definition) is 4. The van der Waals surface area contributed by atoms with E-state index in [-0.39, 0.29) is 12.4 Å². The lowest BCUT2D eigenvalue weighted by molar-refractivity contribution is 0.284. The van der Waals surface area contributed by atoms with E-state index in [1.54, 1.807) is 0 Å². The minimum absolute atomic E-state index is 0. The first-order valence-electron chi connectivity index (χ1n) is 6.23. The maximum absolute atomic E-state index is 6.17. The lowest BCUT2D eigenvalue weighted by Crippen LogP contribution is -2.33. The zero-order chi connectivity index (χ0) is 13.2. The Morgan fingerprint density at radius 1 is 1.26 bits per heavy atom. The van der Waals surface area contributed by atoms with E-state index in [0.717, 1.165) is 18.4 Å². The Balaban J connectivity index is 0.00000180. The van der Waals surface area contributed by atoms with Crippen molar-refractivity contribution in [2.75, 3.05) is 0 Å². The topological polar surface area (TPSA) is 64.9 Å². The average Bonchev–Trinajstić information content (AvgIpc) is 2.80. The Kier molecular flexibility index (Phi) is 5.09. The SMILES string of the molecule is CCCC(C)(N)c1nc(-c2ccc(C)cc2)no1.Cl. The molecule has 1 atom stereocenters. The second-order valence-electron chi connectivity index (χ2n) is 4.96. The van der Waals surface area contributed by atoms with Crippen LogP contribution in [0.2, 0.25) is 0 Å². The van der Waals surface area contributed by atoms with Gasteiger partial charge in [-0.1, -0.05) is 48.3 Å². The van der Waals surface area contributed by atoms with Crippen LogP contribution in [0.5, 0.6) is 0 Å². The third-order valence-corrected chi connectivity index (χ3v) is 2.99. The van der Waals surface area contributed by atoms with Gasteiger partial charge in [-0.2, -0.15) is 4.98 Å². The van der Waals surface area contributed by atoms with Gasteiger partial charge in [-0.05, 0) is 20.3 Å². The van der Waals surface area contributed by atoms with Gasteiger partial charge in [0.25, 0.3) is 0 Å². The molecule has 0 aliphatic carbocycles. The summed E-state index contributed by atoms with van der Waals surface area (Å²) in [4.78, 5) is 4.40. The predicted octanol–water partition coefficient (Wildman–Crippen LogP) is 3.44. The number of halogens is 1. The van der Waals surface area contributed by atoms with E-state index in [4.69, 9.17) is 10.3 Å². The number of aromatic nitrogens is 2. The second-order valence-corrected chi connectivity index (χ2v) is 4.96. The lowest BCUT2D eigenvalue weighted by atomic mass is 9.98. The Morgan fingerprint density at radius 3 is 2.47 bits per heavy atom. The Hall–Kier alpha value is -1.39. The molecule has 5 heteroatoms. The standard InChI is InChI=1S/C14H19N3O.ClH/c1-4-9-14(3,15)13-16-12(17-18-13)11-7-5-10(2)6-8-11;/h5-8H,4,9,15H2,1-3H3;1H. The first-order valence-corrected chi connectivity index (χ1v) is 6.23. The summed E-state index contributed by atoms with van der Waals surface area (Å²) in [5.41, 5.74) is 7.77. The van der Waals surface area contributed by atoms with Crippen molar-refractivity contribution in [2.24, 2.45) is 5.73 Å². The monoisotopic (exact) mass is 281 g/mol. The smallest absolute Gasteiger partial charge is 0.246 e. The van der Waals surface area contributed by atoms with Gasteiger partial charge in [0.15, 0.2) is 0 Å². The molecule has 1 heterocycles. The molecule has 0 amide bonds. The number of aryl methyl sites for hydroxylation is 1. The van der Waals surface area contributed by atoms with Gasteiger partial charge in [0.2, 0.25) is 11.7 Å². The molecule has 2 N–H and O–H groups in total. The highest BCUT2D eigenvalue weighted by molar-refractivity contribution is 5.85. The molecule has 0 spiro atoms. The summed E-state index contributed by atoms with van der Waals surface area (Å²) in [6.45, 7) is 6.05. The van der Waals surface area contributed by atoms with Gasteiger partial charge in [-0.15, -0.1) is 12.4 Å². The van der Waals surface area contributed by atoms with Gasteiger partial charge >= 0.3 is 0 Å². The van der Waals surface area contributed by atoms with Crippen molar-refractivity contribution in [1.82, 2.24) is 10.1 Å². The first-order chi connectivity index (χ1) is 8.53. The van der Waals surface area contributed by atoms with Crippen LogP contribution in [-0.2, 0) is 5.54 Å². The Bertz CT molecular complexity index is 520. The third-order valence-electron chi connectivity index (χ3n) is 2.99. The summed E-state index contributed by atoms with van der Waals surface area (Å²) in [6.07, 6.45) is 1.80. The molecule has 19 heavy (non-hydrogen) atoms. The molecule has 2 aromatic rings. The fourth-order valence-electron chi connectivity index (χ4n) is 1.90. The van der Waals surface area contributed by atoms with Crippen molar-refractivity contribution in [2.45, 2.75) is 39.2 Å². The maximum atomic E-state index is 6.17. The number of rotatable bonds is 4. The fraction of sp³-hybridized carbons (Fsp3) is 0.429. The minimum Gasteiger partial charge on any atom is -0.337 e. The van der Waals surface area contributed by atoms with Crippen LogP contribution in [-0.4, -0.2) is 10.1 Å². The highest BCUT2D eigenvalue weighted by Crippen LogP contribution is 2.24. The van der Waals surface area contributed by atoms with E-state index in [2.05, 4.69) is 17.1 Å². The molecule has 0 bridgehead atoms. The second kappa shape index (κ2) is 6.17. The van der Waals surface area contributed by atoms with E-state index < -0.39 is 5.54 Å². The van der Waals surface area contributed by atoms with Gasteiger partial charge in [-0.25, -0.2) is 0 Å². The molecule has 1 aromatic carbocycles. The van der Waals surface area contributed by atoms with Crippen LogP contribution in [0.1, 0.15) is 38.1 Å². The van der Waals surface area contributed by atoms with Crippen LogP contribution >= 0.6 is 12.4 Å². The summed E-state index contributed by atoms with van der Waals surface area (Å²) in [6, 6.07) is 8.02. The number of nitrogens with two attached hydrogens (primary N) is 1. The average molecular weight is 282 g/mol. The molecule has 1 aromatic heterocycles. The van der Waals surface area contributed by atoms with Crippen LogP contribution in [0.25, 0.3) is 11.4 Å². The zero-order valence-electron chi connectivity index (χ0n) is 11.5. The van der Waals surface area contributed by atoms with Gasteiger partial charge < -0.3 is 10.3 Å². The van der Waals surface area contributed by atoms with Crippen molar-refractivity contribution in [3.8, 4) is 11.4 Å². The van der Waals surface area contributed by atoms with E-state index in [1.807, 2.05) is 38.1 Å². The normalized spacial score (nSPS) is 13.7. The van der Waals surface area contributed by atoms with Crippen LogP contribution in [0.4, 0.5) is 0 Å². The quantitative estimate of drug-likeness (QED) is 0.932. The highest BCUT2D eigenvalue weighted by atomic mass is 35.5. The number of benzene rings is 1. The molecule has 0 saturated heterocycles. The molecule has 1 unspecified atom stereocenters.